The van der Waals surface area contributed by atoms with Crippen LogP contribution >= 0.6 is 11.3 Å². The van der Waals surface area contributed by atoms with E-state index in [1.807, 2.05) is 34.7 Å². The molecule has 0 aliphatic carbocycles. The van der Waals surface area contributed by atoms with Crippen molar-refractivity contribution < 1.29 is 4.79 Å². The van der Waals surface area contributed by atoms with Gasteiger partial charge in [0, 0.05) is 45.5 Å². The van der Waals surface area contributed by atoms with Crippen molar-refractivity contribution in [2.75, 3.05) is 49.1 Å². The molecule has 2 saturated heterocycles. The van der Waals surface area contributed by atoms with Gasteiger partial charge in [-0.05, 0) is 30.4 Å². The van der Waals surface area contributed by atoms with Crippen LogP contribution in [0, 0.1) is 0 Å². The number of carbonyl (C=O) groups is 1. The molecule has 1 amide bonds. The first-order valence-corrected chi connectivity index (χ1v) is 9.35. The highest BCUT2D eigenvalue weighted by Gasteiger charge is 2.24. The monoisotopic (exact) mass is 343 g/mol. The topological polar surface area (TPSA) is 52.6 Å². The molecule has 2 aromatic heterocycles. The summed E-state index contributed by atoms with van der Waals surface area (Å²) in [5, 5.41) is 1.95. The molecule has 4 heterocycles. The number of nitrogens with zero attached hydrogens (tertiary/aromatic N) is 5. The zero-order chi connectivity index (χ0) is 16.4. The first kappa shape index (κ1) is 15.4. The number of anilines is 2. The number of piperazine rings is 1. The molecular weight excluding hydrogens is 322 g/mol. The Morgan fingerprint density at radius 1 is 1.00 bits per heavy atom. The number of rotatable bonds is 3. The van der Waals surface area contributed by atoms with Crippen LogP contribution in [0.3, 0.4) is 0 Å². The second-order valence-electron chi connectivity index (χ2n) is 6.17. The van der Waals surface area contributed by atoms with Gasteiger partial charge >= 0.3 is 0 Å². The molecule has 0 bridgehead atoms. The van der Waals surface area contributed by atoms with E-state index >= 15 is 0 Å². The van der Waals surface area contributed by atoms with Gasteiger partial charge in [-0.25, -0.2) is 4.98 Å². The van der Waals surface area contributed by atoms with Crippen LogP contribution in [-0.4, -0.2) is 60.0 Å². The summed E-state index contributed by atoms with van der Waals surface area (Å²) >= 11 is 1.51. The molecule has 0 unspecified atom stereocenters. The summed E-state index contributed by atoms with van der Waals surface area (Å²) in [5.41, 5.74) is 0. The first-order chi connectivity index (χ1) is 11.8. The van der Waals surface area contributed by atoms with Crippen molar-refractivity contribution in [1.29, 1.82) is 0 Å². The molecule has 7 heteroatoms. The Kier molecular flexibility index (Phi) is 4.34. The Balaban J connectivity index is 1.40. The molecule has 0 radical (unpaired) electrons. The maximum atomic E-state index is 12.4. The lowest BCUT2D eigenvalue weighted by molar-refractivity contribution is 0.0751. The second-order valence-corrected chi connectivity index (χ2v) is 7.11. The minimum Gasteiger partial charge on any atom is -0.353 e. The Morgan fingerprint density at radius 3 is 2.50 bits per heavy atom. The standard InChI is InChI=1S/C17H21N5OS/c23-16(14-4-3-13-24-14)21-11-9-20(10-12-21)15-5-6-18-17(19-15)22-7-1-2-8-22/h3-6,13H,1-2,7-12H2. The maximum absolute atomic E-state index is 12.4. The van der Waals surface area contributed by atoms with Crippen molar-refractivity contribution >= 4 is 29.0 Å². The van der Waals surface area contributed by atoms with Crippen molar-refractivity contribution in [1.82, 2.24) is 14.9 Å². The summed E-state index contributed by atoms with van der Waals surface area (Å²) in [7, 11) is 0. The minimum absolute atomic E-state index is 0.144. The summed E-state index contributed by atoms with van der Waals surface area (Å²) in [5.74, 6) is 1.95. The first-order valence-electron chi connectivity index (χ1n) is 8.47. The highest BCUT2D eigenvalue weighted by molar-refractivity contribution is 7.12. The highest BCUT2D eigenvalue weighted by Crippen LogP contribution is 2.21. The quantitative estimate of drug-likeness (QED) is 0.854. The molecule has 0 saturated carbocycles. The maximum Gasteiger partial charge on any atom is 0.264 e. The van der Waals surface area contributed by atoms with Crippen molar-refractivity contribution in [2.45, 2.75) is 12.8 Å². The molecule has 2 fully saturated rings. The van der Waals surface area contributed by atoms with E-state index in [0.29, 0.717) is 0 Å². The predicted molar refractivity (Wildman–Crippen MR) is 95.9 cm³/mol. The molecule has 2 aliphatic heterocycles. The number of carbonyl (C=O) groups excluding carboxylic acids is 1. The zero-order valence-corrected chi connectivity index (χ0v) is 14.4. The lowest BCUT2D eigenvalue weighted by Crippen LogP contribution is -2.49. The van der Waals surface area contributed by atoms with E-state index in [2.05, 4.69) is 14.8 Å². The molecule has 24 heavy (non-hydrogen) atoms. The van der Waals surface area contributed by atoms with E-state index in [9.17, 15) is 4.79 Å². The zero-order valence-electron chi connectivity index (χ0n) is 13.6. The Bertz CT molecular complexity index is 691. The SMILES string of the molecule is O=C(c1cccs1)N1CCN(c2ccnc(N3CCCC3)n2)CC1. The summed E-state index contributed by atoms with van der Waals surface area (Å²) in [6.07, 6.45) is 4.29. The van der Waals surface area contributed by atoms with Crippen molar-refractivity contribution in [3.05, 3.63) is 34.7 Å². The molecule has 0 atom stereocenters. The van der Waals surface area contributed by atoms with Crippen LogP contribution in [-0.2, 0) is 0 Å². The second kappa shape index (κ2) is 6.76. The van der Waals surface area contributed by atoms with Crippen LogP contribution in [0.2, 0.25) is 0 Å². The summed E-state index contributed by atoms with van der Waals surface area (Å²) in [4.78, 5) is 28.8. The molecule has 0 aromatic carbocycles. The smallest absolute Gasteiger partial charge is 0.264 e. The van der Waals surface area contributed by atoms with E-state index in [4.69, 9.17) is 4.98 Å². The molecule has 2 aliphatic rings. The van der Waals surface area contributed by atoms with Gasteiger partial charge in [0.1, 0.15) is 5.82 Å². The van der Waals surface area contributed by atoms with Crippen LogP contribution in [0.5, 0.6) is 0 Å². The third-order valence-electron chi connectivity index (χ3n) is 4.64. The minimum atomic E-state index is 0.144. The molecular formula is C17H21N5OS. The third-order valence-corrected chi connectivity index (χ3v) is 5.50. The fourth-order valence-corrected chi connectivity index (χ4v) is 3.97. The Labute approximate surface area is 145 Å². The van der Waals surface area contributed by atoms with Crippen molar-refractivity contribution in [3.63, 3.8) is 0 Å². The van der Waals surface area contributed by atoms with E-state index in [1.54, 1.807) is 0 Å². The van der Waals surface area contributed by atoms with Gasteiger partial charge in [-0.1, -0.05) is 6.07 Å². The van der Waals surface area contributed by atoms with Gasteiger partial charge in [0.15, 0.2) is 0 Å². The van der Waals surface area contributed by atoms with Gasteiger partial charge in [0.25, 0.3) is 5.91 Å². The van der Waals surface area contributed by atoms with Gasteiger partial charge in [0.2, 0.25) is 5.95 Å². The van der Waals surface area contributed by atoms with Gasteiger partial charge in [-0.3, -0.25) is 4.79 Å². The predicted octanol–water partition coefficient (Wildman–Crippen LogP) is 2.10. The number of amides is 1. The number of thiophene rings is 1. The van der Waals surface area contributed by atoms with Crippen LogP contribution < -0.4 is 9.80 Å². The summed E-state index contributed by atoms with van der Waals surface area (Å²) in [6, 6.07) is 5.79. The van der Waals surface area contributed by atoms with Gasteiger partial charge in [-0.15, -0.1) is 11.3 Å². The van der Waals surface area contributed by atoms with Gasteiger partial charge < -0.3 is 14.7 Å². The van der Waals surface area contributed by atoms with Crippen LogP contribution in [0.15, 0.2) is 29.8 Å². The number of hydrogen-bond donors (Lipinski definition) is 0. The average molecular weight is 343 g/mol. The number of aromatic nitrogens is 2. The van der Waals surface area contributed by atoms with E-state index < -0.39 is 0 Å². The average Bonchev–Trinajstić information content (AvgIpc) is 3.35. The molecule has 4 rings (SSSR count). The van der Waals surface area contributed by atoms with Crippen molar-refractivity contribution in [2.24, 2.45) is 0 Å². The Hall–Kier alpha value is -2.15. The molecule has 2 aromatic rings. The van der Waals surface area contributed by atoms with Crippen LogP contribution in [0.4, 0.5) is 11.8 Å². The summed E-state index contributed by atoms with van der Waals surface area (Å²) < 4.78 is 0. The van der Waals surface area contributed by atoms with E-state index in [0.717, 1.165) is 55.9 Å². The molecule has 6 nitrogen and oxygen atoms in total. The number of hydrogen-bond acceptors (Lipinski definition) is 6. The Morgan fingerprint density at radius 2 is 1.79 bits per heavy atom. The molecule has 0 spiro atoms. The van der Waals surface area contributed by atoms with Gasteiger partial charge in [0.05, 0.1) is 4.88 Å². The lowest BCUT2D eigenvalue weighted by atomic mass is 10.3. The van der Waals surface area contributed by atoms with E-state index in [-0.39, 0.29) is 5.91 Å². The van der Waals surface area contributed by atoms with Crippen molar-refractivity contribution in [3.8, 4) is 0 Å². The normalized spacial score (nSPS) is 18.2. The lowest BCUT2D eigenvalue weighted by Gasteiger charge is -2.35. The highest BCUT2D eigenvalue weighted by atomic mass is 32.1. The van der Waals surface area contributed by atoms with Gasteiger partial charge in [-0.2, -0.15) is 4.98 Å². The molecule has 0 N–H and O–H groups in total. The third kappa shape index (κ3) is 3.08. The van der Waals surface area contributed by atoms with Crippen LogP contribution in [0.25, 0.3) is 0 Å². The fourth-order valence-electron chi connectivity index (χ4n) is 3.28. The van der Waals surface area contributed by atoms with Crippen LogP contribution in [0.1, 0.15) is 22.5 Å². The largest absolute Gasteiger partial charge is 0.353 e. The molecule has 126 valence electrons. The summed E-state index contributed by atoms with van der Waals surface area (Å²) in [6.45, 7) is 5.19. The van der Waals surface area contributed by atoms with E-state index in [1.165, 1.54) is 24.2 Å². The fraction of sp³-hybridized carbons (Fsp3) is 0.471.